The number of rotatable bonds is 6. The first-order valence-electron chi connectivity index (χ1n) is 7.09. The molecular formula is C15H24N2O2. The summed E-state index contributed by atoms with van der Waals surface area (Å²) in [6.07, 6.45) is 3.21. The first kappa shape index (κ1) is 14.2. The number of nitrogen functional groups attached to an aromatic ring is 1. The second-order valence-corrected chi connectivity index (χ2v) is 5.23. The van der Waals surface area contributed by atoms with Gasteiger partial charge in [-0.3, -0.25) is 4.90 Å². The Bertz CT molecular complexity index is 380. The Morgan fingerprint density at radius 1 is 1.42 bits per heavy atom. The fourth-order valence-electron chi connectivity index (χ4n) is 2.68. The minimum absolute atomic E-state index is 0.330. The van der Waals surface area contributed by atoms with Gasteiger partial charge >= 0.3 is 0 Å². The Morgan fingerprint density at radius 3 is 2.84 bits per heavy atom. The van der Waals surface area contributed by atoms with Gasteiger partial charge in [-0.2, -0.15) is 0 Å². The molecule has 0 radical (unpaired) electrons. The van der Waals surface area contributed by atoms with Crippen molar-refractivity contribution in [2.24, 2.45) is 0 Å². The number of nitrogens with zero attached hydrogens (tertiary/aromatic N) is 1. The van der Waals surface area contributed by atoms with E-state index >= 15 is 0 Å². The van der Waals surface area contributed by atoms with E-state index in [1.54, 1.807) is 12.1 Å². The molecule has 0 aromatic heterocycles. The van der Waals surface area contributed by atoms with Crippen molar-refractivity contribution in [3.05, 3.63) is 24.3 Å². The van der Waals surface area contributed by atoms with Gasteiger partial charge in [0.15, 0.2) is 0 Å². The molecule has 4 nitrogen and oxygen atoms in total. The molecule has 1 aliphatic rings. The molecule has 0 spiro atoms. The summed E-state index contributed by atoms with van der Waals surface area (Å²) in [6.45, 7) is 4.34. The highest BCUT2D eigenvalue weighted by Crippen LogP contribution is 2.20. The third-order valence-corrected chi connectivity index (χ3v) is 3.74. The van der Waals surface area contributed by atoms with Crippen LogP contribution in [0.15, 0.2) is 24.3 Å². The van der Waals surface area contributed by atoms with Crippen LogP contribution in [-0.2, 0) is 0 Å². The number of β-amino-alcohol motifs (C(OH)–C–C–N with tert-alkyl or cyclic N) is 1. The summed E-state index contributed by atoms with van der Waals surface area (Å²) in [4.78, 5) is 2.37. The third-order valence-electron chi connectivity index (χ3n) is 3.74. The molecule has 1 aromatic carbocycles. The Kier molecular flexibility index (Phi) is 5.05. The molecule has 1 aromatic rings. The van der Waals surface area contributed by atoms with Gasteiger partial charge in [0.1, 0.15) is 18.5 Å². The number of hydrogen-bond donors (Lipinski definition) is 2. The van der Waals surface area contributed by atoms with Gasteiger partial charge in [-0.25, -0.2) is 0 Å². The molecule has 19 heavy (non-hydrogen) atoms. The summed E-state index contributed by atoms with van der Waals surface area (Å²) < 4.78 is 5.57. The van der Waals surface area contributed by atoms with Crippen molar-refractivity contribution in [3.63, 3.8) is 0 Å². The Balaban J connectivity index is 1.75. The number of anilines is 1. The topological polar surface area (TPSA) is 58.7 Å². The predicted octanol–water partition coefficient (Wildman–Crippen LogP) is 1.88. The molecule has 1 aliphatic heterocycles. The first-order valence-corrected chi connectivity index (χ1v) is 7.09. The van der Waals surface area contributed by atoms with Crippen LogP contribution in [-0.4, -0.2) is 41.8 Å². The predicted molar refractivity (Wildman–Crippen MR) is 77.2 cm³/mol. The van der Waals surface area contributed by atoms with Crippen molar-refractivity contribution < 1.29 is 9.84 Å². The monoisotopic (exact) mass is 264 g/mol. The minimum atomic E-state index is -0.440. The van der Waals surface area contributed by atoms with Crippen LogP contribution in [0, 0.1) is 0 Å². The summed E-state index contributed by atoms with van der Waals surface area (Å²) in [5.41, 5.74) is 6.33. The Hall–Kier alpha value is -1.26. The summed E-state index contributed by atoms with van der Waals surface area (Å²) in [6, 6.07) is 7.88. The number of likely N-dealkylation sites (tertiary alicyclic amines) is 1. The SMILES string of the molecule is CCC1CCCN1CC(O)COc1ccc(N)cc1. The van der Waals surface area contributed by atoms with Crippen molar-refractivity contribution >= 4 is 5.69 Å². The van der Waals surface area contributed by atoms with Gasteiger partial charge in [-0.1, -0.05) is 6.92 Å². The van der Waals surface area contributed by atoms with Gasteiger partial charge in [-0.05, 0) is 50.1 Å². The van der Waals surface area contributed by atoms with Gasteiger partial charge < -0.3 is 15.6 Å². The van der Waals surface area contributed by atoms with Crippen molar-refractivity contribution in [1.82, 2.24) is 4.90 Å². The molecule has 2 atom stereocenters. The maximum Gasteiger partial charge on any atom is 0.119 e. The number of aliphatic hydroxyl groups is 1. The summed E-state index contributed by atoms with van der Waals surface area (Å²) in [5.74, 6) is 0.752. The van der Waals surface area contributed by atoms with E-state index in [-0.39, 0.29) is 0 Å². The standard InChI is InChI=1S/C15H24N2O2/c1-2-13-4-3-9-17(13)10-14(18)11-19-15-7-5-12(16)6-8-15/h5-8,13-14,18H,2-4,9-11,16H2,1H3. The second kappa shape index (κ2) is 6.78. The van der Waals surface area contributed by atoms with E-state index < -0.39 is 6.10 Å². The molecular weight excluding hydrogens is 240 g/mol. The molecule has 1 saturated heterocycles. The summed E-state index contributed by atoms with van der Waals surface area (Å²) >= 11 is 0. The summed E-state index contributed by atoms with van der Waals surface area (Å²) in [5, 5.41) is 10.0. The maximum atomic E-state index is 10.0. The van der Waals surface area contributed by atoms with Crippen LogP contribution in [0.5, 0.6) is 5.75 Å². The Labute approximate surface area is 115 Å². The maximum absolute atomic E-state index is 10.0. The molecule has 0 amide bonds. The average molecular weight is 264 g/mol. The molecule has 2 unspecified atom stereocenters. The van der Waals surface area contributed by atoms with Gasteiger partial charge in [0.2, 0.25) is 0 Å². The lowest BCUT2D eigenvalue weighted by Gasteiger charge is -2.25. The molecule has 4 heteroatoms. The van der Waals surface area contributed by atoms with Crippen LogP contribution in [0.4, 0.5) is 5.69 Å². The lowest BCUT2D eigenvalue weighted by atomic mass is 10.1. The quantitative estimate of drug-likeness (QED) is 0.770. The second-order valence-electron chi connectivity index (χ2n) is 5.23. The van der Waals surface area contributed by atoms with Crippen LogP contribution in [0.3, 0.4) is 0 Å². The van der Waals surface area contributed by atoms with E-state index in [0.29, 0.717) is 19.2 Å². The molecule has 0 aliphatic carbocycles. The highest BCUT2D eigenvalue weighted by Gasteiger charge is 2.24. The number of aliphatic hydroxyl groups excluding tert-OH is 1. The van der Waals surface area contributed by atoms with E-state index in [1.807, 2.05) is 12.1 Å². The highest BCUT2D eigenvalue weighted by molar-refractivity contribution is 5.41. The number of benzene rings is 1. The van der Waals surface area contributed by atoms with E-state index in [4.69, 9.17) is 10.5 Å². The molecule has 2 rings (SSSR count). The molecule has 1 fully saturated rings. The number of hydrogen-bond acceptors (Lipinski definition) is 4. The van der Waals surface area contributed by atoms with Crippen LogP contribution >= 0.6 is 0 Å². The zero-order valence-electron chi connectivity index (χ0n) is 11.6. The van der Waals surface area contributed by atoms with Crippen molar-refractivity contribution in [1.29, 1.82) is 0 Å². The van der Waals surface area contributed by atoms with Crippen LogP contribution in [0.2, 0.25) is 0 Å². The van der Waals surface area contributed by atoms with Crippen LogP contribution in [0.1, 0.15) is 26.2 Å². The largest absolute Gasteiger partial charge is 0.491 e. The molecule has 0 bridgehead atoms. The van der Waals surface area contributed by atoms with Crippen molar-refractivity contribution in [2.75, 3.05) is 25.4 Å². The lowest BCUT2D eigenvalue weighted by Crippen LogP contribution is -2.38. The highest BCUT2D eigenvalue weighted by atomic mass is 16.5. The van der Waals surface area contributed by atoms with Crippen molar-refractivity contribution in [2.45, 2.75) is 38.3 Å². The number of nitrogens with two attached hydrogens (primary N) is 1. The average Bonchev–Trinajstić information content (AvgIpc) is 2.85. The van der Waals surface area contributed by atoms with Crippen molar-refractivity contribution in [3.8, 4) is 5.75 Å². The van der Waals surface area contributed by atoms with E-state index in [0.717, 1.165) is 24.4 Å². The summed E-state index contributed by atoms with van der Waals surface area (Å²) in [7, 11) is 0. The van der Waals surface area contributed by atoms with Gasteiger partial charge in [0.25, 0.3) is 0 Å². The van der Waals surface area contributed by atoms with Crippen LogP contribution < -0.4 is 10.5 Å². The zero-order valence-corrected chi connectivity index (χ0v) is 11.6. The van der Waals surface area contributed by atoms with E-state index in [9.17, 15) is 5.11 Å². The normalized spacial score (nSPS) is 21.5. The fourth-order valence-corrected chi connectivity index (χ4v) is 2.68. The van der Waals surface area contributed by atoms with Gasteiger partial charge in [0.05, 0.1) is 0 Å². The van der Waals surface area contributed by atoms with E-state index in [2.05, 4.69) is 11.8 Å². The molecule has 3 N–H and O–H groups in total. The molecule has 1 heterocycles. The molecule has 106 valence electrons. The zero-order chi connectivity index (χ0) is 13.7. The first-order chi connectivity index (χ1) is 9.19. The lowest BCUT2D eigenvalue weighted by molar-refractivity contribution is 0.0634. The number of ether oxygens (including phenoxy) is 1. The third kappa shape index (κ3) is 4.11. The fraction of sp³-hybridized carbons (Fsp3) is 0.600. The Morgan fingerprint density at radius 2 is 2.16 bits per heavy atom. The minimum Gasteiger partial charge on any atom is -0.491 e. The molecule has 0 saturated carbocycles. The van der Waals surface area contributed by atoms with Gasteiger partial charge in [0, 0.05) is 18.3 Å². The van der Waals surface area contributed by atoms with Gasteiger partial charge in [-0.15, -0.1) is 0 Å². The van der Waals surface area contributed by atoms with Crippen LogP contribution in [0.25, 0.3) is 0 Å². The van der Waals surface area contributed by atoms with E-state index in [1.165, 1.54) is 12.8 Å². The smallest absolute Gasteiger partial charge is 0.119 e.